The molecule has 0 N–H and O–H groups in total. The van der Waals surface area contributed by atoms with E-state index < -0.39 is 18.2 Å². The Morgan fingerprint density at radius 2 is 1.62 bits per heavy atom. The Morgan fingerprint density at radius 1 is 1.12 bits per heavy atom. The van der Waals surface area contributed by atoms with Gasteiger partial charge < -0.3 is 4.74 Å². The molecule has 1 unspecified atom stereocenters. The lowest BCUT2D eigenvalue weighted by molar-refractivity contribution is -0.181. The van der Waals surface area contributed by atoms with Gasteiger partial charge in [0.1, 0.15) is 0 Å². The van der Waals surface area contributed by atoms with Crippen LogP contribution < -0.4 is 0 Å². The minimum absolute atomic E-state index is 0.540. The average molecular weight is 232 g/mol. The fourth-order valence-corrected chi connectivity index (χ4v) is 1.58. The number of benzene rings is 1. The van der Waals surface area contributed by atoms with E-state index in [-0.39, 0.29) is 0 Å². The maximum absolute atomic E-state index is 12.4. The number of hydrogen-bond donors (Lipinski definition) is 0. The molecule has 0 saturated carbocycles. The van der Waals surface area contributed by atoms with Crippen LogP contribution in [0.15, 0.2) is 24.3 Å². The Bertz CT molecular complexity index is 342. The summed E-state index contributed by atoms with van der Waals surface area (Å²) in [6, 6.07) is 6.90. The summed E-state index contributed by atoms with van der Waals surface area (Å²) in [4.78, 5) is 0. The zero-order valence-corrected chi connectivity index (χ0v) is 9.56. The third kappa shape index (κ3) is 3.23. The summed E-state index contributed by atoms with van der Waals surface area (Å²) < 4.78 is 42.3. The lowest BCUT2D eigenvalue weighted by Gasteiger charge is -2.29. The van der Waals surface area contributed by atoms with E-state index >= 15 is 0 Å². The highest BCUT2D eigenvalue weighted by atomic mass is 19.4. The van der Waals surface area contributed by atoms with Crippen LogP contribution in [-0.4, -0.2) is 13.3 Å². The van der Waals surface area contributed by atoms with E-state index in [0.29, 0.717) is 5.56 Å². The summed E-state index contributed by atoms with van der Waals surface area (Å²) in [6.45, 7) is 3.34. The first-order valence-corrected chi connectivity index (χ1v) is 4.96. The van der Waals surface area contributed by atoms with E-state index in [2.05, 4.69) is 0 Å². The Kier molecular flexibility index (Phi) is 3.63. The SMILES string of the molecule is COC(C)(CC(F)(F)F)c1ccc(C)cc1. The third-order valence-corrected chi connectivity index (χ3v) is 2.65. The first kappa shape index (κ1) is 13.0. The van der Waals surface area contributed by atoms with Gasteiger partial charge in [0, 0.05) is 7.11 Å². The van der Waals surface area contributed by atoms with Gasteiger partial charge in [-0.1, -0.05) is 29.8 Å². The van der Waals surface area contributed by atoms with Crippen LogP contribution in [0.5, 0.6) is 0 Å². The zero-order valence-electron chi connectivity index (χ0n) is 9.56. The molecule has 0 heterocycles. The van der Waals surface area contributed by atoms with E-state index in [9.17, 15) is 13.2 Å². The number of ether oxygens (including phenoxy) is 1. The molecule has 90 valence electrons. The fourth-order valence-electron chi connectivity index (χ4n) is 1.58. The number of rotatable bonds is 3. The summed E-state index contributed by atoms with van der Waals surface area (Å²) in [5.41, 5.74) is 0.235. The van der Waals surface area contributed by atoms with Gasteiger partial charge in [0.05, 0.1) is 12.0 Å². The number of halogens is 3. The summed E-state index contributed by atoms with van der Waals surface area (Å²) in [7, 11) is 1.30. The second-order valence-corrected chi connectivity index (χ2v) is 4.09. The Balaban J connectivity index is 3.00. The molecule has 1 aromatic carbocycles. The number of alkyl halides is 3. The Hall–Kier alpha value is -1.03. The molecule has 0 saturated heterocycles. The monoisotopic (exact) mass is 232 g/mol. The molecule has 0 amide bonds. The first-order chi connectivity index (χ1) is 7.27. The molecule has 1 nitrogen and oxygen atoms in total. The molecule has 1 aromatic rings. The van der Waals surface area contributed by atoms with E-state index in [0.717, 1.165) is 5.56 Å². The van der Waals surface area contributed by atoms with Crippen LogP contribution >= 0.6 is 0 Å². The number of methoxy groups -OCH3 is 1. The molecule has 4 heteroatoms. The molecule has 1 rings (SSSR count). The van der Waals surface area contributed by atoms with Crippen molar-refractivity contribution in [2.24, 2.45) is 0 Å². The first-order valence-electron chi connectivity index (χ1n) is 4.96. The number of aryl methyl sites for hydroxylation is 1. The van der Waals surface area contributed by atoms with Crippen LogP contribution in [0.4, 0.5) is 13.2 Å². The van der Waals surface area contributed by atoms with Gasteiger partial charge in [-0.2, -0.15) is 13.2 Å². The van der Waals surface area contributed by atoms with Crippen LogP contribution in [0.3, 0.4) is 0 Å². The quantitative estimate of drug-likeness (QED) is 0.770. The predicted molar refractivity (Wildman–Crippen MR) is 56.2 cm³/mol. The van der Waals surface area contributed by atoms with Gasteiger partial charge in [-0.05, 0) is 19.4 Å². The molecule has 0 aliphatic heterocycles. The lowest BCUT2D eigenvalue weighted by atomic mass is 9.91. The van der Waals surface area contributed by atoms with Crippen molar-refractivity contribution in [2.75, 3.05) is 7.11 Å². The van der Waals surface area contributed by atoms with Crippen LogP contribution in [0.25, 0.3) is 0 Å². The van der Waals surface area contributed by atoms with E-state index in [1.165, 1.54) is 14.0 Å². The maximum atomic E-state index is 12.4. The van der Waals surface area contributed by atoms with Gasteiger partial charge in [-0.15, -0.1) is 0 Å². The molecule has 0 spiro atoms. The summed E-state index contributed by atoms with van der Waals surface area (Å²) in [5, 5.41) is 0. The number of hydrogen-bond acceptors (Lipinski definition) is 1. The predicted octanol–water partition coefficient (Wildman–Crippen LogP) is 3.81. The zero-order chi connectivity index (χ0) is 12.4. The van der Waals surface area contributed by atoms with Gasteiger partial charge in [-0.25, -0.2) is 0 Å². The highest BCUT2D eigenvalue weighted by Crippen LogP contribution is 2.36. The molecule has 16 heavy (non-hydrogen) atoms. The standard InChI is InChI=1S/C12H15F3O/c1-9-4-6-10(7-5-9)11(2,16-3)8-12(13,14)15/h4-7H,8H2,1-3H3. The molecule has 0 aliphatic carbocycles. The second kappa shape index (κ2) is 4.45. The van der Waals surface area contributed by atoms with E-state index in [4.69, 9.17) is 4.74 Å². The average Bonchev–Trinajstić information content (AvgIpc) is 2.16. The summed E-state index contributed by atoms with van der Waals surface area (Å²) in [6.07, 6.45) is -5.23. The van der Waals surface area contributed by atoms with Crippen LogP contribution in [0, 0.1) is 6.92 Å². The van der Waals surface area contributed by atoms with Gasteiger partial charge in [-0.3, -0.25) is 0 Å². The summed E-state index contributed by atoms with van der Waals surface area (Å²) in [5.74, 6) is 0. The van der Waals surface area contributed by atoms with Gasteiger partial charge in [0.2, 0.25) is 0 Å². The van der Waals surface area contributed by atoms with Crippen molar-refractivity contribution in [3.05, 3.63) is 35.4 Å². The van der Waals surface area contributed by atoms with Crippen molar-refractivity contribution in [1.29, 1.82) is 0 Å². The van der Waals surface area contributed by atoms with Gasteiger partial charge >= 0.3 is 6.18 Å². The molecule has 0 bridgehead atoms. The molecule has 0 aromatic heterocycles. The largest absolute Gasteiger partial charge is 0.392 e. The Labute approximate surface area is 93.2 Å². The molecular formula is C12H15F3O. The van der Waals surface area contributed by atoms with Crippen LogP contribution in [0.1, 0.15) is 24.5 Å². The second-order valence-electron chi connectivity index (χ2n) is 4.09. The Morgan fingerprint density at radius 3 is 2.00 bits per heavy atom. The van der Waals surface area contributed by atoms with Crippen molar-refractivity contribution < 1.29 is 17.9 Å². The van der Waals surface area contributed by atoms with Crippen LogP contribution in [-0.2, 0) is 10.3 Å². The van der Waals surface area contributed by atoms with Crippen molar-refractivity contribution in [3.63, 3.8) is 0 Å². The van der Waals surface area contributed by atoms with Crippen LogP contribution in [0.2, 0.25) is 0 Å². The van der Waals surface area contributed by atoms with E-state index in [1.54, 1.807) is 24.3 Å². The van der Waals surface area contributed by atoms with Crippen molar-refractivity contribution in [3.8, 4) is 0 Å². The minimum atomic E-state index is -4.24. The smallest absolute Gasteiger partial charge is 0.373 e. The molecule has 0 radical (unpaired) electrons. The minimum Gasteiger partial charge on any atom is -0.373 e. The fraction of sp³-hybridized carbons (Fsp3) is 0.500. The van der Waals surface area contributed by atoms with Crippen molar-refractivity contribution >= 4 is 0 Å². The molecule has 0 aliphatic rings. The normalized spacial score (nSPS) is 15.9. The summed E-state index contributed by atoms with van der Waals surface area (Å²) >= 11 is 0. The third-order valence-electron chi connectivity index (χ3n) is 2.65. The topological polar surface area (TPSA) is 9.23 Å². The van der Waals surface area contributed by atoms with Gasteiger partial charge in [0.15, 0.2) is 0 Å². The molecule has 1 atom stereocenters. The van der Waals surface area contributed by atoms with Crippen molar-refractivity contribution in [1.82, 2.24) is 0 Å². The molecule has 0 fully saturated rings. The highest BCUT2D eigenvalue weighted by molar-refractivity contribution is 5.26. The van der Waals surface area contributed by atoms with E-state index in [1.807, 2.05) is 6.92 Å². The lowest BCUT2D eigenvalue weighted by Crippen LogP contribution is -2.31. The van der Waals surface area contributed by atoms with Gasteiger partial charge in [0.25, 0.3) is 0 Å². The highest BCUT2D eigenvalue weighted by Gasteiger charge is 2.40. The van der Waals surface area contributed by atoms with Crippen molar-refractivity contribution in [2.45, 2.75) is 32.0 Å². The maximum Gasteiger partial charge on any atom is 0.392 e. The molecular weight excluding hydrogens is 217 g/mol.